The van der Waals surface area contributed by atoms with Gasteiger partial charge in [0, 0.05) is 0 Å². The summed E-state index contributed by atoms with van der Waals surface area (Å²) in [5.41, 5.74) is 3.31. The maximum absolute atomic E-state index is 12.5. The van der Waals surface area contributed by atoms with E-state index in [9.17, 15) is 18.0 Å². The molecule has 0 unspecified atom stereocenters. The minimum absolute atomic E-state index is 0.0849. The van der Waals surface area contributed by atoms with Crippen LogP contribution < -0.4 is 5.73 Å². The van der Waals surface area contributed by atoms with Crippen LogP contribution in [0, 0.1) is 0 Å². The van der Waals surface area contributed by atoms with E-state index in [4.69, 9.17) is 5.73 Å². The van der Waals surface area contributed by atoms with Gasteiger partial charge in [0.25, 0.3) is 5.91 Å². The Kier molecular flexibility index (Phi) is 3.56. The molecule has 0 spiro atoms. The van der Waals surface area contributed by atoms with E-state index in [1.54, 1.807) is 0 Å². The predicted molar refractivity (Wildman–Crippen MR) is 50.7 cm³/mol. The number of nitrogens with one attached hydrogen (secondary N) is 1. The number of nitrogens with zero attached hydrogens (tertiary/aromatic N) is 1. The average Bonchev–Trinajstić information content (AvgIpc) is 2.57. The second-order valence-electron chi connectivity index (χ2n) is 3.39. The van der Waals surface area contributed by atoms with Gasteiger partial charge in [-0.2, -0.15) is 18.3 Å². The SMILES string of the molecule is CCCCc1n[nH]c(C(F)(F)F)c1C(N)=O. The van der Waals surface area contributed by atoms with Gasteiger partial charge in [0.05, 0.1) is 11.3 Å². The van der Waals surface area contributed by atoms with Gasteiger partial charge in [0.2, 0.25) is 0 Å². The molecule has 0 saturated carbocycles. The van der Waals surface area contributed by atoms with Crippen LogP contribution in [0.2, 0.25) is 0 Å². The zero-order chi connectivity index (χ0) is 12.3. The maximum Gasteiger partial charge on any atom is 0.433 e. The number of H-pyrrole nitrogens is 1. The highest BCUT2D eigenvalue weighted by Crippen LogP contribution is 2.31. The number of rotatable bonds is 4. The van der Waals surface area contributed by atoms with E-state index in [1.165, 1.54) is 0 Å². The van der Waals surface area contributed by atoms with E-state index >= 15 is 0 Å². The number of amides is 1. The van der Waals surface area contributed by atoms with E-state index < -0.39 is 23.3 Å². The first-order chi connectivity index (χ1) is 7.38. The summed E-state index contributed by atoms with van der Waals surface area (Å²) in [5, 5.41) is 5.32. The number of primary amides is 1. The summed E-state index contributed by atoms with van der Waals surface area (Å²) in [6.07, 6.45) is -2.88. The van der Waals surface area contributed by atoms with Crippen LogP contribution in [-0.2, 0) is 12.6 Å². The molecular weight excluding hydrogens is 223 g/mol. The van der Waals surface area contributed by atoms with Gasteiger partial charge in [-0.3, -0.25) is 9.89 Å². The number of aromatic nitrogens is 2. The first-order valence-electron chi connectivity index (χ1n) is 4.82. The fraction of sp³-hybridized carbons (Fsp3) is 0.556. The zero-order valence-corrected chi connectivity index (χ0v) is 8.69. The molecule has 1 heterocycles. The van der Waals surface area contributed by atoms with Crippen molar-refractivity contribution in [2.24, 2.45) is 5.73 Å². The van der Waals surface area contributed by atoms with Crippen molar-refractivity contribution in [3.05, 3.63) is 17.0 Å². The Bertz CT molecular complexity index is 384. The Morgan fingerprint density at radius 2 is 2.12 bits per heavy atom. The Morgan fingerprint density at radius 1 is 1.50 bits per heavy atom. The van der Waals surface area contributed by atoms with Crippen molar-refractivity contribution < 1.29 is 18.0 Å². The van der Waals surface area contributed by atoms with Gasteiger partial charge in [-0.15, -0.1) is 0 Å². The van der Waals surface area contributed by atoms with Crippen molar-refractivity contribution in [3.63, 3.8) is 0 Å². The third-order valence-electron chi connectivity index (χ3n) is 2.14. The number of hydrogen-bond acceptors (Lipinski definition) is 2. The summed E-state index contributed by atoms with van der Waals surface area (Å²) in [5.74, 6) is -1.10. The molecule has 1 aromatic heterocycles. The lowest BCUT2D eigenvalue weighted by Gasteiger charge is -2.05. The van der Waals surface area contributed by atoms with Gasteiger partial charge >= 0.3 is 6.18 Å². The number of nitrogens with two attached hydrogens (primary N) is 1. The standard InChI is InChI=1S/C9H12F3N3O/c1-2-3-4-5-6(8(13)16)7(15-14-5)9(10,11)12/h2-4H2,1H3,(H2,13,16)(H,14,15). The highest BCUT2D eigenvalue weighted by atomic mass is 19.4. The van der Waals surface area contributed by atoms with E-state index in [-0.39, 0.29) is 5.69 Å². The van der Waals surface area contributed by atoms with Crippen molar-refractivity contribution in [1.29, 1.82) is 0 Å². The van der Waals surface area contributed by atoms with E-state index in [2.05, 4.69) is 5.10 Å². The van der Waals surface area contributed by atoms with Gasteiger partial charge in [0.15, 0.2) is 5.69 Å². The van der Waals surface area contributed by atoms with Crippen LogP contribution in [0.25, 0.3) is 0 Å². The molecule has 0 radical (unpaired) electrons. The van der Waals surface area contributed by atoms with Crippen molar-refractivity contribution in [3.8, 4) is 0 Å². The monoisotopic (exact) mass is 235 g/mol. The molecule has 0 aliphatic heterocycles. The first kappa shape index (κ1) is 12.5. The number of carbonyl (C=O) groups excluding carboxylic acids is 1. The number of halogens is 3. The number of alkyl halides is 3. The molecule has 0 aromatic carbocycles. The zero-order valence-electron chi connectivity index (χ0n) is 8.69. The lowest BCUT2D eigenvalue weighted by atomic mass is 10.1. The van der Waals surface area contributed by atoms with Gasteiger partial charge in [-0.1, -0.05) is 13.3 Å². The van der Waals surface area contributed by atoms with Gasteiger partial charge in [-0.05, 0) is 12.8 Å². The predicted octanol–water partition coefficient (Wildman–Crippen LogP) is 1.87. The highest BCUT2D eigenvalue weighted by molar-refractivity contribution is 5.95. The number of aryl methyl sites for hydroxylation is 1. The molecule has 1 amide bonds. The summed E-state index contributed by atoms with van der Waals surface area (Å²) in [7, 11) is 0. The molecule has 0 aliphatic carbocycles. The molecule has 4 nitrogen and oxygen atoms in total. The Hall–Kier alpha value is -1.53. The number of aromatic amines is 1. The molecule has 16 heavy (non-hydrogen) atoms. The van der Waals surface area contributed by atoms with Crippen LogP contribution >= 0.6 is 0 Å². The molecule has 3 N–H and O–H groups in total. The van der Waals surface area contributed by atoms with Crippen molar-refractivity contribution >= 4 is 5.91 Å². The molecule has 0 atom stereocenters. The van der Waals surface area contributed by atoms with Gasteiger partial charge in [0.1, 0.15) is 0 Å². The maximum atomic E-state index is 12.5. The third kappa shape index (κ3) is 2.53. The number of carbonyl (C=O) groups is 1. The van der Waals surface area contributed by atoms with E-state index in [0.717, 1.165) is 6.42 Å². The fourth-order valence-corrected chi connectivity index (χ4v) is 1.38. The molecule has 0 saturated heterocycles. The second kappa shape index (κ2) is 4.54. The number of hydrogen-bond donors (Lipinski definition) is 2. The third-order valence-corrected chi connectivity index (χ3v) is 2.14. The quantitative estimate of drug-likeness (QED) is 0.836. The molecule has 0 aliphatic rings. The second-order valence-corrected chi connectivity index (χ2v) is 3.39. The van der Waals surface area contributed by atoms with Crippen LogP contribution in [-0.4, -0.2) is 16.1 Å². The Balaban J connectivity index is 3.12. The average molecular weight is 235 g/mol. The summed E-state index contributed by atoms with van der Waals surface area (Å²) in [4.78, 5) is 11.0. The lowest BCUT2D eigenvalue weighted by molar-refractivity contribution is -0.141. The fourth-order valence-electron chi connectivity index (χ4n) is 1.38. The lowest BCUT2D eigenvalue weighted by Crippen LogP contribution is -2.19. The van der Waals surface area contributed by atoms with Crippen LogP contribution in [0.15, 0.2) is 0 Å². The van der Waals surface area contributed by atoms with E-state index in [1.807, 2.05) is 12.0 Å². The van der Waals surface area contributed by atoms with Crippen molar-refractivity contribution in [2.75, 3.05) is 0 Å². The van der Waals surface area contributed by atoms with Crippen LogP contribution in [0.3, 0.4) is 0 Å². The highest BCUT2D eigenvalue weighted by Gasteiger charge is 2.38. The Morgan fingerprint density at radius 3 is 2.56 bits per heavy atom. The van der Waals surface area contributed by atoms with Crippen LogP contribution in [0.4, 0.5) is 13.2 Å². The van der Waals surface area contributed by atoms with Crippen LogP contribution in [0.5, 0.6) is 0 Å². The van der Waals surface area contributed by atoms with Crippen molar-refractivity contribution in [1.82, 2.24) is 10.2 Å². The minimum atomic E-state index is -4.64. The molecule has 1 rings (SSSR count). The molecule has 1 aromatic rings. The molecular formula is C9H12F3N3O. The largest absolute Gasteiger partial charge is 0.433 e. The van der Waals surface area contributed by atoms with Crippen molar-refractivity contribution in [2.45, 2.75) is 32.4 Å². The van der Waals surface area contributed by atoms with Gasteiger partial charge < -0.3 is 5.73 Å². The smallest absolute Gasteiger partial charge is 0.365 e. The molecule has 90 valence electrons. The normalized spacial score (nSPS) is 11.8. The molecule has 0 bridgehead atoms. The summed E-state index contributed by atoms with van der Waals surface area (Å²) < 4.78 is 37.4. The van der Waals surface area contributed by atoms with E-state index in [0.29, 0.717) is 12.8 Å². The molecule has 7 heteroatoms. The summed E-state index contributed by atoms with van der Waals surface area (Å²) >= 11 is 0. The summed E-state index contributed by atoms with van der Waals surface area (Å²) in [6, 6.07) is 0. The van der Waals surface area contributed by atoms with Gasteiger partial charge in [-0.25, -0.2) is 0 Å². The first-order valence-corrected chi connectivity index (χ1v) is 4.82. The minimum Gasteiger partial charge on any atom is -0.365 e. The van der Waals surface area contributed by atoms with Crippen LogP contribution in [0.1, 0.15) is 41.5 Å². The molecule has 0 fully saturated rings. The number of unbranched alkanes of at least 4 members (excludes halogenated alkanes) is 1. The topological polar surface area (TPSA) is 71.8 Å². The summed E-state index contributed by atoms with van der Waals surface area (Å²) in [6.45, 7) is 1.89. The Labute approximate surface area is 90.0 Å².